The Labute approximate surface area is 149 Å². The molecule has 1 aliphatic carbocycles. The highest BCUT2D eigenvalue weighted by molar-refractivity contribution is 6.36. The summed E-state index contributed by atoms with van der Waals surface area (Å²) in [5.74, 6) is -0.477. The fourth-order valence-corrected chi connectivity index (χ4v) is 3.16. The zero-order chi connectivity index (χ0) is 17.6. The first kappa shape index (κ1) is 16.0. The molecule has 0 saturated heterocycles. The summed E-state index contributed by atoms with van der Waals surface area (Å²) < 4.78 is 13.0. The van der Waals surface area contributed by atoms with Crippen molar-refractivity contribution in [3.05, 3.63) is 53.4 Å². The summed E-state index contributed by atoms with van der Waals surface area (Å²) in [6.07, 6.45) is 4.42. The smallest absolute Gasteiger partial charge is 0.231 e. The van der Waals surface area contributed by atoms with E-state index in [4.69, 9.17) is 11.6 Å². The van der Waals surface area contributed by atoms with Gasteiger partial charge in [0.15, 0.2) is 0 Å². The molecule has 1 aromatic carbocycles. The number of halogens is 2. The minimum atomic E-state index is -1.03. The Kier molecular flexibility index (Phi) is 3.88. The molecule has 0 radical (unpaired) electrons. The van der Waals surface area contributed by atoms with Crippen molar-refractivity contribution in [3.8, 4) is 11.1 Å². The minimum absolute atomic E-state index is 0.288. The first-order chi connectivity index (χ1) is 12.0. The number of fused-ring (bicyclic) bond motifs is 1. The number of anilines is 1. The molecule has 4 rings (SSSR count). The van der Waals surface area contributed by atoms with E-state index in [2.05, 4.69) is 15.3 Å². The number of pyridine rings is 2. The monoisotopic (exact) mass is 355 g/mol. The first-order valence-corrected chi connectivity index (χ1v) is 8.36. The van der Waals surface area contributed by atoms with Gasteiger partial charge in [-0.25, -0.2) is 9.37 Å². The number of benzene rings is 1. The number of carbonyl (C=O) groups is 1. The van der Waals surface area contributed by atoms with Crippen molar-refractivity contribution in [2.24, 2.45) is 5.92 Å². The number of aryl methyl sites for hydroxylation is 1. The van der Waals surface area contributed by atoms with Gasteiger partial charge < -0.3 is 5.32 Å². The quantitative estimate of drug-likeness (QED) is 0.749. The Morgan fingerprint density at radius 1 is 1.32 bits per heavy atom. The molecule has 4 nitrogen and oxygen atoms in total. The SMILES string of the molecule is Cc1cnccc1-c1cc(Cl)c2cnc(NC(=O)C3CC3F)cc2c1. The lowest BCUT2D eigenvalue weighted by Gasteiger charge is -2.10. The third-order valence-electron chi connectivity index (χ3n) is 4.42. The summed E-state index contributed by atoms with van der Waals surface area (Å²) in [6.45, 7) is 1.99. The maximum atomic E-state index is 13.0. The summed E-state index contributed by atoms with van der Waals surface area (Å²) >= 11 is 6.41. The van der Waals surface area contributed by atoms with E-state index in [1.54, 1.807) is 24.7 Å². The molecule has 0 bridgehead atoms. The Morgan fingerprint density at radius 2 is 2.12 bits per heavy atom. The molecular formula is C19H15ClFN3O. The second-order valence-electron chi connectivity index (χ2n) is 6.29. The van der Waals surface area contributed by atoms with E-state index < -0.39 is 12.1 Å². The average molecular weight is 356 g/mol. The number of nitrogens with one attached hydrogen (secondary N) is 1. The van der Waals surface area contributed by atoms with Gasteiger partial charge in [0.2, 0.25) is 5.91 Å². The highest BCUT2D eigenvalue weighted by Crippen LogP contribution is 2.35. The van der Waals surface area contributed by atoms with Crippen molar-refractivity contribution in [2.45, 2.75) is 19.5 Å². The van der Waals surface area contributed by atoms with Crippen LogP contribution in [-0.4, -0.2) is 22.0 Å². The van der Waals surface area contributed by atoms with Crippen LogP contribution in [0.3, 0.4) is 0 Å². The maximum absolute atomic E-state index is 13.0. The van der Waals surface area contributed by atoms with Crippen LogP contribution in [0.5, 0.6) is 0 Å². The predicted molar refractivity (Wildman–Crippen MR) is 96.4 cm³/mol. The number of amides is 1. The molecule has 1 saturated carbocycles. The second-order valence-corrected chi connectivity index (χ2v) is 6.69. The Bertz CT molecular complexity index is 992. The van der Waals surface area contributed by atoms with Gasteiger partial charge in [-0.15, -0.1) is 0 Å². The lowest BCUT2D eigenvalue weighted by Crippen LogP contribution is -2.15. The molecular weight excluding hydrogens is 341 g/mol. The van der Waals surface area contributed by atoms with Crippen molar-refractivity contribution in [3.63, 3.8) is 0 Å². The number of alkyl halides is 1. The maximum Gasteiger partial charge on any atom is 0.231 e. The Morgan fingerprint density at radius 3 is 2.84 bits per heavy atom. The molecule has 0 spiro atoms. The van der Waals surface area contributed by atoms with Crippen LogP contribution in [0.1, 0.15) is 12.0 Å². The Balaban J connectivity index is 1.73. The van der Waals surface area contributed by atoms with Gasteiger partial charge >= 0.3 is 0 Å². The van der Waals surface area contributed by atoms with Gasteiger partial charge in [-0.3, -0.25) is 9.78 Å². The van der Waals surface area contributed by atoms with E-state index in [0.717, 1.165) is 27.5 Å². The van der Waals surface area contributed by atoms with Crippen LogP contribution < -0.4 is 5.32 Å². The highest BCUT2D eigenvalue weighted by atomic mass is 35.5. The molecule has 2 unspecified atom stereocenters. The van der Waals surface area contributed by atoms with Crippen LogP contribution in [-0.2, 0) is 4.79 Å². The molecule has 6 heteroatoms. The summed E-state index contributed by atoms with van der Waals surface area (Å²) in [6, 6.07) is 7.58. The Hall–Kier alpha value is -2.53. The lowest BCUT2D eigenvalue weighted by atomic mass is 10.00. The number of nitrogens with zero attached hydrogens (tertiary/aromatic N) is 2. The molecule has 2 aromatic heterocycles. The summed E-state index contributed by atoms with van der Waals surface area (Å²) in [5, 5.41) is 4.91. The molecule has 1 amide bonds. The number of carbonyl (C=O) groups excluding carboxylic acids is 1. The molecule has 1 aliphatic rings. The van der Waals surface area contributed by atoms with E-state index in [1.165, 1.54) is 0 Å². The van der Waals surface area contributed by atoms with E-state index in [0.29, 0.717) is 10.8 Å². The first-order valence-electron chi connectivity index (χ1n) is 7.98. The third kappa shape index (κ3) is 3.07. The standard InChI is InChI=1S/C19H15ClFN3O/c1-10-8-22-3-2-13(10)11-4-12-6-18(23-9-15(12)16(20)5-11)24-19(25)14-7-17(14)21/h2-6,8-9,14,17H,7H2,1H3,(H,23,24,25). The molecule has 0 aliphatic heterocycles. The number of hydrogen-bond acceptors (Lipinski definition) is 3. The predicted octanol–water partition coefficient (Wildman–Crippen LogP) is 4.56. The van der Waals surface area contributed by atoms with Crippen LogP contribution in [0.15, 0.2) is 42.9 Å². The number of rotatable bonds is 3. The van der Waals surface area contributed by atoms with Gasteiger partial charge in [-0.05, 0) is 59.7 Å². The zero-order valence-corrected chi connectivity index (χ0v) is 14.2. The van der Waals surface area contributed by atoms with Crippen LogP contribution in [0.25, 0.3) is 21.9 Å². The van der Waals surface area contributed by atoms with E-state index >= 15 is 0 Å². The fourth-order valence-electron chi connectivity index (χ4n) is 2.89. The zero-order valence-electron chi connectivity index (χ0n) is 13.5. The molecule has 126 valence electrons. The summed E-state index contributed by atoms with van der Waals surface area (Å²) in [5.41, 5.74) is 3.05. The van der Waals surface area contributed by atoms with Crippen molar-refractivity contribution in [2.75, 3.05) is 5.32 Å². The molecule has 2 atom stereocenters. The second kappa shape index (κ2) is 6.08. The van der Waals surface area contributed by atoms with Gasteiger partial charge in [-0.2, -0.15) is 0 Å². The van der Waals surface area contributed by atoms with Crippen LogP contribution in [0.2, 0.25) is 5.02 Å². The van der Waals surface area contributed by atoms with Crippen molar-refractivity contribution in [1.29, 1.82) is 0 Å². The molecule has 3 aromatic rings. The molecule has 25 heavy (non-hydrogen) atoms. The molecule has 1 N–H and O–H groups in total. The van der Waals surface area contributed by atoms with E-state index in [-0.39, 0.29) is 12.3 Å². The van der Waals surface area contributed by atoms with Crippen LogP contribution in [0, 0.1) is 12.8 Å². The number of aromatic nitrogens is 2. The van der Waals surface area contributed by atoms with Gasteiger partial charge in [0.25, 0.3) is 0 Å². The van der Waals surface area contributed by atoms with Crippen molar-refractivity contribution in [1.82, 2.24) is 9.97 Å². The minimum Gasteiger partial charge on any atom is -0.310 e. The van der Waals surface area contributed by atoms with Crippen LogP contribution >= 0.6 is 11.6 Å². The average Bonchev–Trinajstić information content (AvgIpc) is 3.32. The summed E-state index contributed by atoms with van der Waals surface area (Å²) in [4.78, 5) is 20.2. The number of hydrogen-bond donors (Lipinski definition) is 1. The third-order valence-corrected chi connectivity index (χ3v) is 4.73. The van der Waals surface area contributed by atoms with E-state index in [1.807, 2.05) is 25.1 Å². The normalized spacial score (nSPS) is 19.0. The fraction of sp³-hybridized carbons (Fsp3) is 0.211. The van der Waals surface area contributed by atoms with Gasteiger partial charge in [-0.1, -0.05) is 11.6 Å². The largest absolute Gasteiger partial charge is 0.310 e. The lowest BCUT2D eigenvalue weighted by molar-refractivity contribution is -0.117. The highest BCUT2D eigenvalue weighted by Gasteiger charge is 2.43. The van der Waals surface area contributed by atoms with Crippen LogP contribution in [0.4, 0.5) is 10.2 Å². The molecule has 1 fully saturated rings. The van der Waals surface area contributed by atoms with Gasteiger partial charge in [0.05, 0.1) is 10.9 Å². The van der Waals surface area contributed by atoms with Crippen molar-refractivity contribution < 1.29 is 9.18 Å². The topological polar surface area (TPSA) is 54.9 Å². The van der Waals surface area contributed by atoms with E-state index in [9.17, 15) is 9.18 Å². The van der Waals surface area contributed by atoms with Crippen molar-refractivity contribution >= 4 is 34.1 Å². The molecule has 2 heterocycles. The summed E-state index contributed by atoms with van der Waals surface area (Å²) in [7, 11) is 0. The van der Waals surface area contributed by atoms with Gasteiger partial charge in [0, 0.05) is 24.0 Å². The van der Waals surface area contributed by atoms with Gasteiger partial charge in [0.1, 0.15) is 12.0 Å².